The molecule has 0 bridgehead atoms. The van der Waals surface area contributed by atoms with Gasteiger partial charge in [-0.1, -0.05) is 12.1 Å². The van der Waals surface area contributed by atoms with Crippen LogP contribution in [0.2, 0.25) is 0 Å². The summed E-state index contributed by atoms with van der Waals surface area (Å²) in [6.07, 6.45) is 0. The van der Waals surface area contributed by atoms with E-state index in [-0.39, 0.29) is 18.7 Å². The quantitative estimate of drug-likeness (QED) is 0.871. The molecule has 0 spiro atoms. The van der Waals surface area contributed by atoms with Gasteiger partial charge >= 0.3 is 0 Å². The lowest BCUT2D eigenvalue weighted by atomic mass is 10.2. The number of carbonyl (C=O) groups is 2. The molecule has 0 fully saturated rings. The van der Waals surface area contributed by atoms with Crippen LogP contribution in [0.1, 0.15) is 22.8 Å². The van der Waals surface area contributed by atoms with Gasteiger partial charge in [-0.05, 0) is 36.8 Å². The average molecular weight is 350 g/mol. The average Bonchev–Trinajstić information content (AvgIpc) is 2.57. The summed E-state index contributed by atoms with van der Waals surface area (Å²) >= 11 is 0. The highest BCUT2D eigenvalue weighted by molar-refractivity contribution is 5.96. The second-order valence-electron chi connectivity index (χ2n) is 5.34. The monoisotopic (exact) mass is 350 g/mol. The van der Waals surface area contributed by atoms with Crippen LogP contribution in [0.4, 0.5) is 13.2 Å². The van der Waals surface area contributed by atoms with Crippen molar-refractivity contribution in [3.05, 3.63) is 71.0 Å². The third-order valence-electron chi connectivity index (χ3n) is 3.57. The second kappa shape index (κ2) is 8.32. The summed E-state index contributed by atoms with van der Waals surface area (Å²) in [6.45, 7) is 1.95. The molecule has 0 saturated heterocycles. The summed E-state index contributed by atoms with van der Waals surface area (Å²) in [5.74, 6) is -3.41. The predicted molar refractivity (Wildman–Crippen MR) is 86.2 cm³/mol. The van der Waals surface area contributed by atoms with Crippen molar-refractivity contribution in [2.24, 2.45) is 0 Å². The lowest BCUT2D eigenvalue weighted by Crippen LogP contribution is -2.40. The van der Waals surface area contributed by atoms with Crippen LogP contribution in [0.25, 0.3) is 0 Å². The minimum Gasteiger partial charge on any atom is -0.343 e. The van der Waals surface area contributed by atoms with E-state index in [9.17, 15) is 22.8 Å². The Bertz CT molecular complexity index is 781. The number of amides is 2. The molecule has 0 heterocycles. The van der Waals surface area contributed by atoms with Gasteiger partial charge in [0.1, 0.15) is 17.5 Å². The number of halogens is 3. The summed E-state index contributed by atoms with van der Waals surface area (Å²) < 4.78 is 39.6. The van der Waals surface area contributed by atoms with Crippen LogP contribution in [0, 0.1) is 17.5 Å². The maximum atomic E-state index is 13.5. The zero-order chi connectivity index (χ0) is 18.4. The SMILES string of the molecule is CCN(Cc1cccc(F)c1)C(=O)CNC(=O)c1ccc(F)cc1F. The maximum absolute atomic E-state index is 13.5. The van der Waals surface area contributed by atoms with E-state index in [0.717, 1.165) is 12.1 Å². The van der Waals surface area contributed by atoms with Gasteiger partial charge in [0.25, 0.3) is 5.91 Å². The van der Waals surface area contributed by atoms with Crippen LogP contribution in [0.3, 0.4) is 0 Å². The largest absolute Gasteiger partial charge is 0.343 e. The molecule has 2 rings (SSSR count). The van der Waals surface area contributed by atoms with Gasteiger partial charge in [0.05, 0.1) is 12.1 Å². The standard InChI is InChI=1S/C18H17F3N2O2/c1-2-23(11-12-4-3-5-13(19)8-12)17(24)10-22-18(25)15-7-6-14(20)9-16(15)21/h3-9H,2,10-11H2,1H3,(H,22,25). The first kappa shape index (κ1) is 18.5. The fourth-order valence-electron chi connectivity index (χ4n) is 2.27. The summed E-state index contributed by atoms with van der Waals surface area (Å²) in [4.78, 5) is 25.5. The van der Waals surface area contributed by atoms with Gasteiger partial charge < -0.3 is 10.2 Å². The summed E-state index contributed by atoms with van der Waals surface area (Å²) in [7, 11) is 0. The zero-order valence-electron chi connectivity index (χ0n) is 13.6. The van der Waals surface area contributed by atoms with Gasteiger partial charge in [-0.2, -0.15) is 0 Å². The molecule has 0 aliphatic heterocycles. The molecule has 0 unspecified atom stereocenters. The number of nitrogens with one attached hydrogen (secondary N) is 1. The first-order valence-electron chi connectivity index (χ1n) is 7.66. The highest BCUT2D eigenvalue weighted by Gasteiger charge is 2.16. The molecule has 0 aliphatic carbocycles. The fraction of sp³-hybridized carbons (Fsp3) is 0.222. The minimum absolute atomic E-state index is 0.188. The Hall–Kier alpha value is -2.83. The third kappa shape index (κ3) is 5.07. The number of benzene rings is 2. The number of likely N-dealkylation sites (N-methyl/N-ethyl adjacent to an activating group) is 1. The molecular weight excluding hydrogens is 333 g/mol. The second-order valence-corrected chi connectivity index (χ2v) is 5.34. The highest BCUT2D eigenvalue weighted by Crippen LogP contribution is 2.10. The Morgan fingerprint density at radius 1 is 1.04 bits per heavy atom. The molecule has 132 valence electrons. The van der Waals surface area contributed by atoms with Crippen LogP contribution >= 0.6 is 0 Å². The van der Waals surface area contributed by atoms with Crippen LogP contribution in [-0.4, -0.2) is 29.8 Å². The van der Waals surface area contributed by atoms with Gasteiger partial charge in [-0.3, -0.25) is 9.59 Å². The van der Waals surface area contributed by atoms with Crippen molar-refractivity contribution in [1.29, 1.82) is 0 Å². The first-order chi connectivity index (χ1) is 11.9. The van der Waals surface area contributed by atoms with Crippen molar-refractivity contribution in [2.75, 3.05) is 13.1 Å². The molecule has 0 aliphatic rings. The van der Waals surface area contributed by atoms with E-state index in [1.54, 1.807) is 19.1 Å². The number of carbonyl (C=O) groups excluding carboxylic acids is 2. The van der Waals surface area contributed by atoms with E-state index in [4.69, 9.17) is 0 Å². The molecule has 0 atom stereocenters. The topological polar surface area (TPSA) is 49.4 Å². The van der Waals surface area contributed by atoms with Crippen LogP contribution < -0.4 is 5.32 Å². The van der Waals surface area contributed by atoms with E-state index in [2.05, 4.69) is 5.32 Å². The first-order valence-corrected chi connectivity index (χ1v) is 7.66. The lowest BCUT2D eigenvalue weighted by Gasteiger charge is -2.21. The molecule has 0 aromatic heterocycles. The lowest BCUT2D eigenvalue weighted by molar-refractivity contribution is -0.130. The summed E-state index contributed by atoms with van der Waals surface area (Å²) in [5.41, 5.74) is 0.272. The van der Waals surface area contributed by atoms with Crippen molar-refractivity contribution in [1.82, 2.24) is 10.2 Å². The Balaban J connectivity index is 1.96. The summed E-state index contributed by atoms with van der Waals surface area (Å²) in [6, 6.07) is 8.42. The van der Waals surface area contributed by atoms with Crippen molar-refractivity contribution < 1.29 is 22.8 Å². The molecule has 7 heteroatoms. The van der Waals surface area contributed by atoms with E-state index in [1.165, 1.54) is 17.0 Å². The molecule has 2 aromatic rings. The van der Waals surface area contributed by atoms with E-state index >= 15 is 0 Å². The van der Waals surface area contributed by atoms with Gasteiger partial charge in [-0.15, -0.1) is 0 Å². The van der Waals surface area contributed by atoms with Crippen molar-refractivity contribution in [2.45, 2.75) is 13.5 Å². The molecule has 1 N–H and O–H groups in total. The zero-order valence-corrected chi connectivity index (χ0v) is 13.6. The van der Waals surface area contributed by atoms with Gasteiger partial charge in [0, 0.05) is 19.2 Å². The van der Waals surface area contributed by atoms with E-state index < -0.39 is 29.3 Å². The predicted octanol–water partition coefficient (Wildman–Crippen LogP) is 2.88. The Kier molecular flexibility index (Phi) is 6.16. The fourth-order valence-corrected chi connectivity index (χ4v) is 2.27. The Labute approximate surface area is 143 Å². The van der Waals surface area contributed by atoms with Gasteiger partial charge in [0.15, 0.2) is 0 Å². The highest BCUT2D eigenvalue weighted by atomic mass is 19.1. The van der Waals surface area contributed by atoms with Crippen LogP contribution in [0.15, 0.2) is 42.5 Å². The Morgan fingerprint density at radius 2 is 1.76 bits per heavy atom. The molecule has 25 heavy (non-hydrogen) atoms. The van der Waals surface area contributed by atoms with Crippen molar-refractivity contribution >= 4 is 11.8 Å². The van der Waals surface area contributed by atoms with E-state index in [1.807, 2.05) is 0 Å². The summed E-state index contributed by atoms with van der Waals surface area (Å²) in [5, 5.41) is 2.30. The molecular formula is C18H17F3N2O2. The van der Waals surface area contributed by atoms with Crippen LogP contribution in [0.5, 0.6) is 0 Å². The minimum atomic E-state index is -1.00. The number of hydrogen-bond donors (Lipinski definition) is 1. The Morgan fingerprint density at radius 3 is 2.40 bits per heavy atom. The molecule has 0 radical (unpaired) electrons. The van der Waals surface area contributed by atoms with Gasteiger partial charge in [0.2, 0.25) is 5.91 Å². The van der Waals surface area contributed by atoms with Crippen LogP contribution in [-0.2, 0) is 11.3 Å². The number of nitrogens with zero attached hydrogens (tertiary/aromatic N) is 1. The van der Waals surface area contributed by atoms with E-state index in [0.29, 0.717) is 18.2 Å². The normalized spacial score (nSPS) is 10.4. The van der Waals surface area contributed by atoms with Gasteiger partial charge in [-0.25, -0.2) is 13.2 Å². The smallest absolute Gasteiger partial charge is 0.254 e. The molecule has 2 amide bonds. The molecule has 4 nitrogen and oxygen atoms in total. The molecule has 2 aromatic carbocycles. The maximum Gasteiger partial charge on any atom is 0.254 e. The number of rotatable bonds is 6. The number of hydrogen-bond acceptors (Lipinski definition) is 2. The van der Waals surface area contributed by atoms with Crippen molar-refractivity contribution in [3.8, 4) is 0 Å². The van der Waals surface area contributed by atoms with Crippen molar-refractivity contribution in [3.63, 3.8) is 0 Å². The molecule has 0 saturated carbocycles. The third-order valence-corrected chi connectivity index (χ3v) is 3.57.